The number of piperidine rings is 1. The van der Waals surface area contributed by atoms with Crippen LogP contribution in [0.3, 0.4) is 0 Å². The molecule has 1 aliphatic heterocycles. The second-order valence-electron chi connectivity index (χ2n) is 4.63. The number of hydrogen-bond donors (Lipinski definition) is 4. The average Bonchev–Trinajstić information content (AvgIpc) is 2.39. The van der Waals surface area contributed by atoms with Gasteiger partial charge in [0, 0.05) is 6.04 Å². The topological polar surface area (TPSA) is 116 Å². The first kappa shape index (κ1) is 14.8. The number of benzene rings is 1. The number of nitrogens with one attached hydrogen (secondary N) is 2. The van der Waals surface area contributed by atoms with Crippen molar-refractivity contribution in [3.05, 3.63) is 23.8 Å². The minimum Gasteiger partial charge on any atom is -0.507 e. The molecule has 1 saturated heterocycles. The van der Waals surface area contributed by atoms with Crippen LogP contribution >= 0.6 is 0 Å². The van der Waals surface area contributed by atoms with Crippen LogP contribution in [0, 0.1) is 0 Å². The van der Waals surface area contributed by atoms with Crippen LogP contribution in [0.5, 0.6) is 5.75 Å². The van der Waals surface area contributed by atoms with Crippen molar-refractivity contribution in [2.75, 3.05) is 13.1 Å². The third-order valence-corrected chi connectivity index (χ3v) is 4.69. The van der Waals surface area contributed by atoms with Gasteiger partial charge in [0.05, 0.1) is 4.90 Å². The zero-order valence-electron chi connectivity index (χ0n) is 10.7. The molecule has 0 spiro atoms. The van der Waals surface area contributed by atoms with Gasteiger partial charge >= 0.3 is 5.97 Å². The Balaban J connectivity index is 2.24. The molecule has 0 unspecified atom stereocenters. The molecule has 1 aromatic rings. The Hall–Kier alpha value is -1.64. The molecule has 110 valence electrons. The number of aromatic carboxylic acids is 1. The molecular formula is C12H16N2O5S. The van der Waals surface area contributed by atoms with Crippen LogP contribution in [-0.4, -0.2) is 43.7 Å². The Morgan fingerprint density at radius 2 is 1.95 bits per heavy atom. The molecule has 0 aliphatic carbocycles. The maximum absolute atomic E-state index is 12.2. The van der Waals surface area contributed by atoms with E-state index in [1.54, 1.807) is 0 Å². The number of carboxylic acids is 1. The van der Waals surface area contributed by atoms with E-state index >= 15 is 0 Å². The fourth-order valence-electron chi connectivity index (χ4n) is 2.08. The third-order valence-electron chi connectivity index (χ3n) is 3.17. The van der Waals surface area contributed by atoms with Crippen molar-refractivity contribution < 1.29 is 23.4 Å². The summed E-state index contributed by atoms with van der Waals surface area (Å²) in [6, 6.07) is 3.05. The molecule has 7 nitrogen and oxygen atoms in total. The van der Waals surface area contributed by atoms with E-state index in [0.717, 1.165) is 25.2 Å². The van der Waals surface area contributed by atoms with Gasteiger partial charge in [-0.05, 0) is 44.1 Å². The van der Waals surface area contributed by atoms with Gasteiger partial charge in [0.1, 0.15) is 11.3 Å². The predicted octanol–water partition coefficient (Wildman–Crippen LogP) is 0.121. The van der Waals surface area contributed by atoms with Crippen molar-refractivity contribution in [2.45, 2.75) is 23.8 Å². The number of sulfonamides is 1. The first-order valence-corrected chi connectivity index (χ1v) is 7.68. The number of hydrogen-bond acceptors (Lipinski definition) is 5. The zero-order valence-corrected chi connectivity index (χ0v) is 11.5. The molecule has 0 bridgehead atoms. The number of rotatable bonds is 4. The Labute approximate surface area is 116 Å². The number of carbonyl (C=O) groups is 1. The van der Waals surface area contributed by atoms with Crippen LogP contribution in [0.1, 0.15) is 23.2 Å². The van der Waals surface area contributed by atoms with Crippen molar-refractivity contribution in [2.24, 2.45) is 0 Å². The second kappa shape index (κ2) is 5.78. The van der Waals surface area contributed by atoms with E-state index in [9.17, 15) is 18.3 Å². The minimum absolute atomic E-state index is 0.161. The van der Waals surface area contributed by atoms with E-state index in [-0.39, 0.29) is 10.9 Å². The average molecular weight is 300 g/mol. The Kier molecular flexibility index (Phi) is 4.26. The van der Waals surface area contributed by atoms with E-state index < -0.39 is 27.3 Å². The van der Waals surface area contributed by atoms with Gasteiger partial charge in [-0.3, -0.25) is 0 Å². The molecule has 1 aromatic carbocycles. The van der Waals surface area contributed by atoms with Crippen LogP contribution < -0.4 is 10.0 Å². The van der Waals surface area contributed by atoms with Gasteiger partial charge in [-0.15, -0.1) is 0 Å². The van der Waals surface area contributed by atoms with Crippen molar-refractivity contribution in [3.8, 4) is 5.75 Å². The van der Waals surface area contributed by atoms with Gasteiger partial charge in [-0.2, -0.15) is 0 Å². The zero-order chi connectivity index (χ0) is 14.8. The van der Waals surface area contributed by atoms with E-state index in [4.69, 9.17) is 5.11 Å². The van der Waals surface area contributed by atoms with Crippen molar-refractivity contribution in [3.63, 3.8) is 0 Å². The number of carboxylic acid groups (broad SMARTS) is 1. The lowest BCUT2D eigenvalue weighted by Crippen LogP contribution is -2.42. The van der Waals surface area contributed by atoms with Gasteiger partial charge < -0.3 is 15.5 Å². The quantitative estimate of drug-likeness (QED) is 0.628. The van der Waals surface area contributed by atoms with Gasteiger partial charge in [-0.25, -0.2) is 17.9 Å². The molecule has 0 saturated carbocycles. The summed E-state index contributed by atoms with van der Waals surface area (Å²) in [7, 11) is -3.78. The largest absolute Gasteiger partial charge is 0.507 e. The van der Waals surface area contributed by atoms with Gasteiger partial charge in [0.15, 0.2) is 0 Å². The maximum atomic E-state index is 12.2. The molecule has 1 aliphatic rings. The second-order valence-corrected chi connectivity index (χ2v) is 6.34. The highest BCUT2D eigenvalue weighted by Gasteiger charge is 2.23. The number of phenols is 1. The summed E-state index contributed by atoms with van der Waals surface area (Å²) in [5, 5.41) is 21.4. The van der Waals surface area contributed by atoms with Crippen LogP contribution in [0.4, 0.5) is 0 Å². The molecule has 20 heavy (non-hydrogen) atoms. The monoisotopic (exact) mass is 300 g/mol. The smallest absolute Gasteiger partial charge is 0.339 e. The molecule has 2 rings (SSSR count). The van der Waals surface area contributed by atoms with Gasteiger partial charge in [0.25, 0.3) is 0 Å². The molecule has 4 N–H and O–H groups in total. The molecule has 0 amide bonds. The summed E-state index contributed by atoms with van der Waals surface area (Å²) >= 11 is 0. The first-order chi connectivity index (χ1) is 9.40. The Morgan fingerprint density at radius 1 is 1.30 bits per heavy atom. The summed E-state index contributed by atoms with van der Waals surface area (Å²) in [6.45, 7) is 1.48. The summed E-state index contributed by atoms with van der Waals surface area (Å²) in [4.78, 5) is 10.7. The van der Waals surface area contributed by atoms with E-state index in [1.165, 1.54) is 6.07 Å². The van der Waals surface area contributed by atoms with E-state index in [1.807, 2.05) is 0 Å². The van der Waals surface area contributed by atoms with Crippen molar-refractivity contribution in [1.29, 1.82) is 0 Å². The molecule has 0 radical (unpaired) electrons. The summed E-state index contributed by atoms with van der Waals surface area (Å²) in [5.41, 5.74) is -0.432. The summed E-state index contributed by atoms with van der Waals surface area (Å²) in [6.07, 6.45) is 1.37. The van der Waals surface area contributed by atoms with Gasteiger partial charge in [0.2, 0.25) is 10.0 Å². The van der Waals surface area contributed by atoms with Crippen LogP contribution in [0.2, 0.25) is 0 Å². The fraction of sp³-hybridized carbons (Fsp3) is 0.417. The van der Waals surface area contributed by atoms with Crippen LogP contribution in [0.25, 0.3) is 0 Å². The molecule has 8 heteroatoms. The fourth-order valence-corrected chi connectivity index (χ4v) is 3.41. The van der Waals surface area contributed by atoms with Crippen molar-refractivity contribution in [1.82, 2.24) is 10.0 Å². The molecule has 0 aromatic heterocycles. The number of aromatic hydroxyl groups is 1. The maximum Gasteiger partial charge on any atom is 0.339 e. The highest BCUT2D eigenvalue weighted by atomic mass is 32.2. The summed E-state index contributed by atoms with van der Waals surface area (Å²) in [5.74, 6) is -1.83. The molecule has 1 fully saturated rings. The summed E-state index contributed by atoms with van der Waals surface area (Å²) < 4.78 is 26.9. The van der Waals surface area contributed by atoms with E-state index in [0.29, 0.717) is 12.8 Å². The molecule has 0 atom stereocenters. The predicted molar refractivity (Wildman–Crippen MR) is 71.3 cm³/mol. The third kappa shape index (κ3) is 3.27. The molecular weight excluding hydrogens is 284 g/mol. The Bertz CT molecular complexity index is 608. The standard InChI is InChI=1S/C12H16N2O5S/c15-11-2-1-9(7-10(11)12(16)17)20(18,19)14-8-3-5-13-6-4-8/h1-2,7-8,13-15H,3-6H2,(H,16,17). The Morgan fingerprint density at radius 3 is 2.55 bits per heavy atom. The van der Waals surface area contributed by atoms with Gasteiger partial charge in [-0.1, -0.05) is 0 Å². The van der Waals surface area contributed by atoms with Crippen LogP contribution in [-0.2, 0) is 10.0 Å². The molecule has 1 heterocycles. The lowest BCUT2D eigenvalue weighted by atomic mass is 10.1. The normalized spacial score (nSPS) is 17.0. The highest BCUT2D eigenvalue weighted by Crippen LogP contribution is 2.21. The lowest BCUT2D eigenvalue weighted by Gasteiger charge is -2.23. The first-order valence-electron chi connectivity index (χ1n) is 6.19. The SMILES string of the molecule is O=C(O)c1cc(S(=O)(=O)NC2CCNCC2)ccc1O. The lowest BCUT2D eigenvalue weighted by molar-refractivity contribution is 0.0693. The minimum atomic E-state index is -3.78. The van der Waals surface area contributed by atoms with Crippen LogP contribution in [0.15, 0.2) is 23.1 Å². The van der Waals surface area contributed by atoms with E-state index in [2.05, 4.69) is 10.0 Å². The highest BCUT2D eigenvalue weighted by molar-refractivity contribution is 7.89. The van der Waals surface area contributed by atoms with Crippen molar-refractivity contribution >= 4 is 16.0 Å².